The molecule has 5 heteroatoms. The van der Waals surface area contributed by atoms with Crippen LogP contribution in [0.25, 0.3) is 10.8 Å². The highest BCUT2D eigenvalue weighted by Gasteiger charge is 2.08. The maximum absolute atomic E-state index is 9.61. The third-order valence-electron chi connectivity index (χ3n) is 2.88. The van der Waals surface area contributed by atoms with E-state index in [1.807, 2.05) is 24.1 Å². The second-order valence-electron chi connectivity index (χ2n) is 4.26. The first kappa shape index (κ1) is 14.1. The van der Waals surface area contributed by atoms with Crippen molar-refractivity contribution in [1.82, 2.24) is 4.98 Å². The van der Waals surface area contributed by atoms with Crippen molar-refractivity contribution in [2.75, 3.05) is 37.0 Å². The zero-order chi connectivity index (χ0) is 13.7. The molecular weight excluding hydrogens is 308 g/mol. The number of aromatic nitrogens is 1. The Kier molecular flexibility index (Phi) is 4.99. The van der Waals surface area contributed by atoms with Crippen molar-refractivity contribution in [1.29, 1.82) is 0 Å². The van der Waals surface area contributed by atoms with Gasteiger partial charge in [0.1, 0.15) is 11.6 Å². The van der Waals surface area contributed by atoms with E-state index in [0.29, 0.717) is 13.2 Å². The number of alkyl halides is 1. The Morgan fingerprint density at radius 1 is 1.32 bits per heavy atom. The molecule has 0 unspecified atom stereocenters. The number of phenolic OH excluding ortho intramolecular Hbond substituents is 1. The van der Waals surface area contributed by atoms with Gasteiger partial charge < -0.3 is 14.7 Å². The normalized spacial score (nSPS) is 10.8. The minimum Gasteiger partial charge on any atom is -0.508 e. The number of benzene rings is 1. The van der Waals surface area contributed by atoms with Crippen molar-refractivity contribution in [3.05, 3.63) is 30.5 Å². The highest BCUT2D eigenvalue weighted by Crippen LogP contribution is 2.26. The molecule has 0 aliphatic rings. The predicted octanol–water partition coefficient (Wildman–Crippen LogP) is 2.79. The third-order valence-corrected chi connectivity index (χ3v) is 3.21. The van der Waals surface area contributed by atoms with Crippen LogP contribution in [0.2, 0.25) is 0 Å². The first-order chi connectivity index (χ1) is 9.22. The number of pyridine rings is 1. The van der Waals surface area contributed by atoms with Crippen LogP contribution in [0.3, 0.4) is 0 Å². The van der Waals surface area contributed by atoms with Crippen LogP contribution in [0.15, 0.2) is 30.5 Å². The van der Waals surface area contributed by atoms with Gasteiger partial charge in [0, 0.05) is 30.5 Å². The molecule has 19 heavy (non-hydrogen) atoms. The largest absolute Gasteiger partial charge is 0.508 e. The summed E-state index contributed by atoms with van der Waals surface area (Å²) in [5, 5.41) is 12.5. The van der Waals surface area contributed by atoms with Crippen molar-refractivity contribution in [3.8, 4) is 5.75 Å². The Morgan fingerprint density at radius 3 is 2.95 bits per heavy atom. The minimum atomic E-state index is 0.255. The average molecular weight is 325 g/mol. The number of fused-ring (bicyclic) bond motifs is 1. The Balaban J connectivity index is 2.16. The van der Waals surface area contributed by atoms with E-state index in [1.165, 1.54) is 0 Å². The lowest BCUT2D eigenvalue weighted by molar-refractivity contribution is 0.158. The number of rotatable bonds is 6. The number of hydrogen-bond donors (Lipinski definition) is 1. The number of aromatic hydroxyl groups is 1. The monoisotopic (exact) mass is 324 g/mol. The van der Waals surface area contributed by atoms with Gasteiger partial charge in [-0.2, -0.15) is 0 Å². The molecular formula is C14H17BrN2O2. The molecule has 0 spiro atoms. The molecule has 2 aromatic rings. The number of anilines is 1. The first-order valence-electron chi connectivity index (χ1n) is 6.15. The van der Waals surface area contributed by atoms with Gasteiger partial charge in [-0.25, -0.2) is 4.98 Å². The van der Waals surface area contributed by atoms with Crippen molar-refractivity contribution < 1.29 is 9.84 Å². The molecule has 1 heterocycles. The van der Waals surface area contributed by atoms with Gasteiger partial charge in [0.2, 0.25) is 0 Å². The number of likely N-dealkylation sites (N-methyl/N-ethyl adjacent to an activating group) is 1. The van der Waals surface area contributed by atoms with Crippen LogP contribution in [-0.4, -0.2) is 42.2 Å². The Bertz CT molecular complexity index is 548. The maximum Gasteiger partial charge on any atom is 0.136 e. The lowest BCUT2D eigenvalue weighted by Crippen LogP contribution is -2.24. The van der Waals surface area contributed by atoms with Crippen LogP contribution in [0, 0.1) is 0 Å². The summed E-state index contributed by atoms with van der Waals surface area (Å²) >= 11 is 3.32. The zero-order valence-electron chi connectivity index (χ0n) is 10.8. The smallest absolute Gasteiger partial charge is 0.136 e. The van der Waals surface area contributed by atoms with Crippen LogP contribution in [0.1, 0.15) is 0 Å². The van der Waals surface area contributed by atoms with Gasteiger partial charge in [0.25, 0.3) is 0 Å². The first-order valence-corrected chi connectivity index (χ1v) is 7.27. The molecule has 102 valence electrons. The lowest BCUT2D eigenvalue weighted by atomic mass is 10.1. The van der Waals surface area contributed by atoms with E-state index < -0.39 is 0 Å². The summed E-state index contributed by atoms with van der Waals surface area (Å²) in [4.78, 5) is 6.43. The van der Waals surface area contributed by atoms with E-state index >= 15 is 0 Å². The molecule has 1 aromatic carbocycles. The molecule has 0 aliphatic carbocycles. The highest BCUT2D eigenvalue weighted by molar-refractivity contribution is 9.09. The standard InChI is InChI=1S/C14H17BrN2O2/c1-17(7-9-19-8-5-15)14-13-10-12(18)3-2-11(13)4-6-16-14/h2-4,6,10,18H,5,7-9H2,1H3. The summed E-state index contributed by atoms with van der Waals surface area (Å²) in [6.07, 6.45) is 1.78. The van der Waals surface area contributed by atoms with Gasteiger partial charge in [-0.05, 0) is 23.6 Å². The van der Waals surface area contributed by atoms with Crippen LogP contribution in [0.4, 0.5) is 5.82 Å². The van der Waals surface area contributed by atoms with Crippen LogP contribution in [0.5, 0.6) is 5.75 Å². The van der Waals surface area contributed by atoms with E-state index in [0.717, 1.165) is 28.5 Å². The molecule has 1 aromatic heterocycles. The van der Waals surface area contributed by atoms with E-state index in [-0.39, 0.29) is 5.75 Å². The summed E-state index contributed by atoms with van der Waals surface area (Å²) in [6.45, 7) is 2.12. The Hall–Kier alpha value is -1.33. The summed E-state index contributed by atoms with van der Waals surface area (Å²) in [5.41, 5.74) is 0. The van der Waals surface area contributed by atoms with E-state index in [1.54, 1.807) is 18.3 Å². The zero-order valence-corrected chi connectivity index (χ0v) is 12.4. The van der Waals surface area contributed by atoms with Gasteiger partial charge in [0.05, 0.1) is 13.2 Å². The van der Waals surface area contributed by atoms with Crippen LogP contribution < -0.4 is 4.90 Å². The molecule has 0 bridgehead atoms. The number of ether oxygens (including phenoxy) is 1. The molecule has 0 fully saturated rings. The van der Waals surface area contributed by atoms with E-state index in [9.17, 15) is 5.11 Å². The molecule has 0 radical (unpaired) electrons. The molecule has 1 N–H and O–H groups in total. The number of halogens is 1. The van der Waals surface area contributed by atoms with Gasteiger partial charge in [-0.15, -0.1) is 0 Å². The fourth-order valence-electron chi connectivity index (χ4n) is 1.91. The summed E-state index contributed by atoms with van der Waals surface area (Å²) in [5.74, 6) is 1.11. The molecule has 2 rings (SSSR count). The van der Waals surface area contributed by atoms with E-state index in [4.69, 9.17) is 4.74 Å². The van der Waals surface area contributed by atoms with Crippen molar-refractivity contribution in [2.24, 2.45) is 0 Å². The van der Waals surface area contributed by atoms with Crippen molar-refractivity contribution in [2.45, 2.75) is 0 Å². The molecule has 4 nitrogen and oxygen atoms in total. The highest BCUT2D eigenvalue weighted by atomic mass is 79.9. The summed E-state index contributed by atoms with van der Waals surface area (Å²) < 4.78 is 5.45. The molecule has 0 aliphatic heterocycles. The fourth-order valence-corrected chi connectivity index (χ4v) is 2.14. The van der Waals surface area contributed by atoms with Gasteiger partial charge in [-0.3, -0.25) is 0 Å². The Morgan fingerprint density at radius 2 is 2.16 bits per heavy atom. The average Bonchev–Trinajstić information content (AvgIpc) is 2.42. The quantitative estimate of drug-likeness (QED) is 0.655. The summed E-state index contributed by atoms with van der Waals surface area (Å²) in [6, 6.07) is 7.26. The SMILES string of the molecule is CN(CCOCCBr)c1nccc2ccc(O)cc12. The molecule has 0 saturated heterocycles. The number of phenols is 1. The summed E-state index contributed by atoms with van der Waals surface area (Å²) in [7, 11) is 1.98. The third kappa shape index (κ3) is 3.58. The minimum absolute atomic E-state index is 0.255. The van der Waals surface area contributed by atoms with Crippen LogP contribution in [-0.2, 0) is 4.74 Å². The molecule has 0 atom stereocenters. The Labute approximate surface area is 121 Å². The van der Waals surface area contributed by atoms with Crippen molar-refractivity contribution in [3.63, 3.8) is 0 Å². The molecule has 0 amide bonds. The number of hydrogen-bond acceptors (Lipinski definition) is 4. The predicted molar refractivity (Wildman–Crippen MR) is 81.3 cm³/mol. The van der Waals surface area contributed by atoms with Gasteiger partial charge >= 0.3 is 0 Å². The molecule has 0 saturated carbocycles. The maximum atomic E-state index is 9.61. The van der Waals surface area contributed by atoms with E-state index in [2.05, 4.69) is 20.9 Å². The second-order valence-corrected chi connectivity index (χ2v) is 5.06. The number of nitrogens with zero attached hydrogens (tertiary/aromatic N) is 2. The second kappa shape index (κ2) is 6.73. The fraction of sp³-hybridized carbons (Fsp3) is 0.357. The lowest BCUT2D eigenvalue weighted by Gasteiger charge is -2.19. The van der Waals surface area contributed by atoms with Gasteiger partial charge in [0.15, 0.2) is 0 Å². The van der Waals surface area contributed by atoms with Crippen LogP contribution >= 0.6 is 15.9 Å². The van der Waals surface area contributed by atoms with Gasteiger partial charge in [-0.1, -0.05) is 22.0 Å². The van der Waals surface area contributed by atoms with Crippen molar-refractivity contribution >= 4 is 32.5 Å². The topological polar surface area (TPSA) is 45.6 Å².